The monoisotopic (exact) mass is 365 g/mol. The van der Waals surface area contributed by atoms with Gasteiger partial charge in [0, 0.05) is 24.0 Å². The fraction of sp³-hybridized carbons (Fsp3) is 0.389. The van der Waals surface area contributed by atoms with Gasteiger partial charge in [0.2, 0.25) is 5.91 Å². The molecule has 26 heavy (non-hydrogen) atoms. The average molecular weight is 365 g/mol. The average Bonchev–Trinajstić information content (AvgIpc) is 2.63. The Morgan fingerprint density at radius 1 is 1.08 bits per heavy atom. The van der Waals surface area contributed by atoms with E-state index in [-0.39, 0.29) is 18.9 Å². The minimum atomic E-state index is -4.35. The fourth-order valence-corrected chi connectivity index (χ4v) is 3.12. The molecule has 1 amide bonds. The number of anilines is 1. The van der Waals surface area contributed by atoms with Gasteiger partial charge in [-0.3, -0.25) is 4.79 Å². The molecule has 1 aromatic heterocycles. The lowest BCUT2D eigenvalue weighted by molar-refractivity contribution is -0.197. The Morgan fingerprint density at radius 3 is 2.38 bits per heavy atom. The summed E-state index contributed by atoms with van der Waals surface area (Å²) in [6.07, 6.45) is 0.121. The molecule has 0 bridgehead atoms. The van der Waals surface area contributed by atoms with E-state index < -0.39 is 23.9 Å². The van der Waals surface area contributed by atoms with E-state index in [4.69, 9.17) is 4.74 Å². The molecule has 0 saturated heterocycles. The van der Waals surface area contributed by atoms with E-state index in [0.29, 0.717) is 24.3 Å². The van der Waals surface area contributed by atoms with Crippen LogP contribution in [0.1, 0.15) is 25.7 Å². The van der Waals surface area contributed by atoms with Gasteiger partial charge in [-0.1, -0.05) is 12.8 Å². The highest BCUT2D eigenvalue weighted by Crippen LogP contribution is 2.41. The van der Waals surface area contributed by atoms with Crippen LogP contribution >= 0.6 is 0 Å². The second-order valence-corrected chi connectivity index (χ2v) is 6.19. The second kappa shape index (κ2) is 7.72. The summed E-state index contributed by atoms with van der Waals surface area (Å²) in [5.74, 6) is -2.75. The molecular formula is C18H18F3N3O2. The number of aromatic nitrogens is 2. The first kappa shape index (κ1) is 18.2. The summed E-state index contributed by atoms with van der Waals surface area (Å²) in [6.45, 7) is 0. The van der Waals surface area contributed by atoms with Crippen molar-refractivity contribution in [3.63, 3.8) is 0 Å². The van der Waals surface area contributed by atoms with Crippen LogP contribution in [-0.2, 0) is 4.79 Å². The van der Waals surface area contributed by atoms with Gasteiger partial charge in [-0.05, 0) is 43.2 Å². The van der Waals surface area contributed by atoms with Crippen molar-refractivity contribution in [1.82, 2.24) is 9.97 Å². The maximum absolute atomic E-state index is 13.1. The summed E-state index contributed by atoms with van der Waals surface area (Å²) in [5.41, 5.74) is 0.419. The van der Waals surface area contributed by atoms with Crippen molar-refractivity contribution in [1.29, 1.82) is 0 Å². The zero-order valence-corrected chi connectivity index (χ0v) is 13.9. The third-order valence-electron chi connectivity index (χ3n) is 4.40. The number of halogens is 3. The molecule has 1 aromatic carbocycles. The third-order valence-corrected chi connectivity index (χ3v) is 4.40. The Morgan fingerprint density at radius 2 is 1.73 bits per heavy atom. The van der Waals surface area contributed by atoms with Crippen LogP contribution in [0.2, 0.25) is 0 Å². The Balaban J connectivity index is 1.63. The molecule has 8 heteroatoms. The minimum Gasteiger partial charge on any atom is -0.424 e. The molecule has 1 N–H and O–H groups in total. The molecule has 1 aliphatic carbocycles. The van der Waals surface area contributed by atoms with E-state index in [2.05, 4.69) is 15.3 Å². The number of carbonyl (C=O) groups is 1. The first-order valence-electron chi connectivity index (χ1n) is 8.36. The predicted molar refractivity (Wildman–Crippen MR) is 88.7 cm³/mol. The number of hydrogen-bond donors (Lipinski definition) is 1. The number of carbonyl (C=O) groups excluding carboxylic acids is 1. The molecule has 0 radical (unpaired) electrons. The van der Waals surface area contributed by atoms with Gasteiger partial charge in [0.15, 0.2) is 0 Å². The van der Waals surface area contributed by atoms with Crippen LogP contribution in [0.3, 0.4) is 0 Å². The van der Waals surface area contributed by atoms with Crippen molar-refractivity contribution < 1.29 is 22.7 Å². The summed E-state index contributed by atoms with van der Waals surface area (Å²) in [5, 5.41) is 2.58. The summed E-state index contributed by atoms with van der Waals surface area (Å²) in [6, 6.07) is 8.16. The fourth-order valence-electron chi connectivity index (χ4n) is 3.12. The van der Waals surface area contributed by atoms with Crippen LogP contribution in [0, 0.1) is 11.8 Å². The van der Waals surface area contributed by atoms with Crippen LogP contribution in [0.25, 0.3) is 0 Å². The molecule has 3 rings (SSSR count). The van der Waals surface area contributed by atoms with Crippen LogP contribution < -0.4 is 10.1 Å². The molecule has 5 nitrogen and oxygen atoms in total. The number of nitrogens with zero attached hydrogens (tertiary/aromatic N) is 2. The van der Waals surface area contributed by atoms with Crippen molar-refractivity contribution in [2.45, 2.75) is 31.9 Å². The number of alkyl halides is 3. The Kier molecular flexibility index (Phi) is 5.39. The highest BCUT2D eigenvalue weighted by Gasteiger charge is 2.48. The SMILES string of the molecule is O=C(Nc1ccc(Oc2ncccn2)cc1)C1CCCCC1C(F)(F)F. The molecule has 1 aliphatic rings. The lowest BCUT2D eigenvalue weighted by atomic mass is 9.78. The van der Waals surface area contributed by atoms with E-state index in [1.54, 1.807) is 30.3 Å². The predicted octanol–water partition coefficient (Wildman–Crippen LogP) is 4.58. The van der Waals surface area contributed by atoms with E-state index in [1.807, 2.05) is 0 Å². The van der Waals surface area contributed by atoms with Crippen molar-refractivity contribution in [2.24, 2.45) is 11.8 Å². The molecule has 0 aliphatic heterocycles. The normalized spacial score (nSPS) is 20.4. The number of amides is 1. The van der Waals surface area contributed by atoms with Gasteiger partial charge in [-0.2, -0.15) is 13.2 Å². The molecule has 2 atom stereocenters. The van der Waals surface area contributed by atoms with Crippen LogP contribution in [0.15, 0.2) is 42.7 Å². The Labute approximate surface area is 148 Å². The maximum atomic E-state index is 13.1. The van der Waals surface area contributed by atoms with Gasteiger partial charge in [0.05, 0.1) is 5.92 Å². The number of benzene rings is 1. The summed E-state index contributed by atoms with van der Waals surface area (Å²) in [7, 11) is 0. The zero-order chi connectivity index (χ0) is 18.6. The van der Waals surface area contributed by atoms with Crippen LogP contribution in [-0.4, -0.2) is 22.1 Å². The number of rotatable bonds is 4. The first-order chi connectivity index (χ1) is 12.4. The third kappa shape index (κ3) is 4.50. The number of nitrogens with one attached hydrogen (secondary N) is 1. The van der Waals surface area contributed by atoms with Crippen LogP contribution in [0.4, 0.5) is 18.9 Å². The molecule has 1 saturated carbocycles. The Hall–Kier alpha value is -2.64. The van der Waals surface area contributed by atoms with Crippen molar-refractivity contribution in [2.75, 3.05) is 5.32 Å². The molecule has 1 heterocycles. The van der Waals surface area contributed by atoms with E-state index in [9.17, 15) is 18.0 Å². The first-order valence-corrected chi connectivity index (χ1v) is 8.36. The van der Waals surface area contributed by atoms with E-state index >= 15 is 0 Å². The van der Waals surface area contributed by atoms with Gasteiger partial charge in [-0.25, -0.2) is 9.97 Å². The van der Waals surface area contributed by atoms with Gasteiger partial charge in [-0.15, -0.1) is 0 Å². The summed E-state index contributed by atoms with van der Waals surface area (Å²) >= 11 is 0. The zero-order valence-electron chi connectivity index (χ0n) is 13.9. The van der Waals surface area contributed by atoms with Crippen LogP contribution in [0.5, 0.6) is 11.8 Å². The van der Waals surface area contributed by atoms with Crippen molar-refractivity contribution >= 4 is 11.6 Å². The highest BCUT2D eigenvalue weighted by molar-refractivity contribution is 5.92. The number of ether oxygens (including phenoxy) is 1. The molecule has 2 aromatic rings. The van der Waals surface area contributed by atoms with Crippen molar-refractivity contribution in [3.8, 4) is 11.8 Å². The lowest BCUT2D eigenvalue weighted by Gasteiger charge is -2.31. The van der Waals surface area contributed by atoms with Gasteiger partial charge in [0.25, 0.3) is 0 Å². The van der Waals surface area contributed by atoms with Gasteiger partial charge >= 0.3 is 12.2 Å². The summed E-state index contributed by atoms with van der Waals surface area (Å²) < 4.78 is 44.9. The van der Waals surface area contributed by atoms with Gasteiger partial charge in [0.1, 0.15) is 5.75 Å². The molecule has 2 unspecified atom stereocenters. The quantitative estimate of drug-likeness (QED) is 0.862. The highest BCUT2D eigenvalue weighted by atomic mass is 19.4. The lowest BCUT2D eigenvalue weighted by Crippen LogP contribution is -2.39. The smallest absolute Gasteiger partial charge is 0.392 e. The standard InChI is InChI=1S/C18H18F3N3O2/c19-18(20,21)15-5-2-1-4-14(15)16(25)24-12-6-8-13(9-7-12)26-17-22-10-3-11-23-17/h3,6-11,14-15H,1-2,4-5H2,(H,24,25). The summed E-state index contributed by atoms with van der Waals surface area (Å²) in [4.78, 5) is 20.2. The maximum Gasteiger partial charge on any atom is 0.392 e. The topological polar surface area (TPSA) is 64.1 Å². The number of hydrogen-bond acceptors (Lipinski definition) is 4. The second-order valence-electron chi connectivity index (χ2n) is 6.19. The van der Waals surface area contributed by atoms with E-state index in [0.717, 1.165) is 0 Å². The molecule has 0 spiro atoms. The van der Waals surface area contributed by atoms with E-state index in [1.165, 1.54) is 12.4 Å². The van der Waals surface area contributed by atoms with Gasteiger partial charge < -0.3 is 10.1 Å². The molecular weight excluding hydrogens is 347 g/mol. The molecule has 138 valence electrons. The Bertz CT molecular complexity index is 736. The molecule has 1 fully saturated rings. The largest absolute Gasteiger partial charge is 0.424 e. The van der Waals surface area contributed by atoms with Crippen molar-refractivity contribution in [3.05, 3.63) is 42.7 Å². The minimum absolute atomic E-state index is 0.00540.